The molecular formula is C10H19NO6. The van der Waals surface area contributed by atoms with Gasteiger partial charge in [-0.1, -0.05) is 6.92 Å². The molecule has 7 heteroatoms. The maximum Gasteiger partial charge on any atom is 0.309 e. The second-order valence-electron chi connectivity index (χ2n) is 4.02. The van der Waals surface area contributed by atoms with Crippen LogP contribution in [0.25, 0.3) is 0 Å². The topological polar surface area (TPSA) is 130 Å². The van der Waals surface area contributed by atoms with Crippen molar-refractivity contribution in [3.8, 4) is 0 Å². The van der Waals surface area contributed by atoms with E-state index in [1.165, 1.54) is 0 Å². The van der Waals surface area contributed by atoms with Crippen LogP contribution in [0.1, 0.15) is 19.8 Å². The summed E-state index contributed by atoms with van der Waals surface area (Å²) in [5.74, 6) is -3.53. The molecule has 2 atom stereocenters. The summed E-state index contributed by atoms with van der Waals surface area (Å²) in [5, 5.41) is 26.2. The van der Waals surface area contributed by atoms with Crippen LogP contribution < -0.4 is 5.73 Å². The highest BCUT2D eigenvalue weighted by Crippen LogP contribution is 2.09. The van der Waals surface area contributed by atoms with Crippen molar-refractivity contribution in [3.63, 3.8) is 0 Å². The molecule has 0 aliphatic heterocycles. The van der Waals surface area contributed by atoms with Gasteiger partial charge >= 0.3 is 11.9 Å². The lowest BCUT2D eigenvalue weighted by Gasteiger charge is -2.25. The first-order chi connectivity index (χ1) is 7.84. The predicted octanol–water partition coefficient (Wildman–Crippen LogP) is -0.722. The number of aliphatic carboxylic acids is 2. The Labute approximate surface area is 99.2 Å². The molecule has 2 unspecified atom stereocenters. The normalized spacial score (nSPS) is 16.2. The van der Waals surface area contributed by atoms with Crippen LogP contribution in [-0.2, 0) is 14.3 Å². The number of carbonyl (C=O) groups is 2. The molecule has 0 saturated carbocycles. The average Bonchev–Trinajstić information content (AvgIpc) is 2.26. The summed E-state index contributed by atoms with van der Waals surface area (Å²) in [4.78, 5) is 21.1. The van der Waals surface area contributed by atoms with Gasteiger partial charge in [-0.25, -0.2) is 0 Å². The minimum Gasteiger partial charge on any atom is -0.481 e. The first-order valence-corrected chi connectivity index (χ1v) is 5.26. The smallest absolute Gasteiger partial charge is 0.309 e. The van der Waals surface area contributed by atoms with E-state index in [0.29, 0.717) is 6.42 Å². The standard InChI is InChI=1S/C10H19NO6/c1-2-10(11,5-12)6-17-4-7(9(15)16)3-8(13)14/h7,12H,2-6,11H2,1H3,(H,13,14)(H,15,16). The molecule has 0 bridgehead atoms. The third kappa shape index (κ3) is 6.20. The van der Waals surface area contributed by atoms with E-state index in [0.717, 1.165) is 0 Å². The van der Waals surface area contributed by atoms with Crippen LogP contribution in [0.5, 0.6) is 0 Å². The number of carboxylic acids is 2. The lowest BCUT2D eigenvalue weighted by atomic mass is 10.0. The Kier molecular flexibility index (Phi) is 6.71. The van der Waals surface area contributed by atoms with Crippen molar-refractivity contribution in [2.45, 2.75) is 25.3 Å². The molecule has 7 nitrogen and oxygen atoms in total. The van der Waals surface area contributed by atoms with Gasteiger partial charge in [0.25, 0.3) is 0 Å². The quantitative estimate of drug-likeness (QED) is 0.424. The largest absolute Gasteiger partial charge is 0.481 e. The molecule has 0 amide bonds. The minimum atomic E-state index is -1.23. The van der Waals surface area contributed by atoms with E-state index >= 15 is 0 Å². The molecule has 0 saturated heterocycles. The van der Waals surface area contributed by atoms with Gasteiger partial charge < -0.3 is 25.8 Å². The molecule has 0 heterocycles. The zero-order valence-corrected chi connectivity index (χ0v) is 9.76. The molecule has 0 aliphatic rings. The zero-order valence-electron chi connectivity index (χ0n) is 9.76. The van der Waals surface area contributed by atoms with E-state index in [-0.39, 0.29) is 19.8 Å². The van der Waals surface area contributed by atoms with Gasteiger partial charge in [-0.05, 0) is 6.42 Å². The molecule has 0 radical (unpaired) electrons. The number of hydrogen-bond acceptors (Lipinski definition) is 5. The molecule has 0 rings (SSSR count). The summed E-state index contributed by atoms with van der Waals surface area (Å²) >= 11 is 0. The summed E-state index contributed by atoms with van der Waals surface area (Å²) < 4.78 is 5.08. The van der Waals surface area contributed by atoms with E-state index < -0.39 is 29.8 Å². The summed E-state index contributed by atoms with van der Waals surface area (Å²) in [5.41, 5.74) is 4.81. The second-order valence-corrected chi connectivity index (χ2v) is 4.02. The first-order valence-electron chi connectivity index (χ1n) is 5.26. The Morgan fingerprint density at radius 1 is 1.41 bits per heavy atom. The molecule has 5 N–H and O–H groups in total. The summed E-state index contributed by atoms with van der Waals surface area (Å²) in [6, 6.07) is 0. The molecule has 100 valence electrons. The highest BCUT2D eigenvalue weighted by molar-refractivity contribution is 5.77. The van der Waals surface area contributed by atoms with Crippen molar-refractivity contribution in [1.82, 2.24) is 0 Å². The summed E-state index contributed by atoms with van der Waals surface area (Å²) in [7, 11) is 0. The second kappa shape index (κ2) is 7.21. The molecule has 0 spiro atoms. The Hall–Kier alpha value is -1.18. The zero-order chi connectivity index (χ0) is 13.5. The van der Waals surface area contributed by atoms with Crippen molar-refractivity contribution < 1.29 is 29.6 Å². The fraction of sp³-hybridized carbons (Fsp3) is 0.800. The van der Waals surface area contributed by atoms with Crippen molar-refractivity contribution >= 4 is 11.9 Å². The molecule has 17 heavy (non-hydrogen) atoms. The van der Waals surface area contributed by atoms with Crippen molar-refractivity contribution in [3.05, 3.63) is 0 Å². The maximum atomic E-state index is 10.7. The van der Waals surface area contributed by atoms with E-state index in [4.69, 9.17) is 25.8 Å². The maximum absolute atomic E-state index is 10.7. The third-order valence-electron chi connectivity index (χ3n) is 2.50. The Balaban J connectivity index is 4.14. The van der Waals surface area contributed by atoms with Gasteiger partial charge in [0.15, 0.2) is 0 Å². The molecule has 0 fully saturated rings. The van der Waals surface area contributed by atoms with E-state index in [9.17, 15) is 9.59 Å². The number of nitrogens with two attached hydrogens (primary N) is 1. The molecule has 0 aromatic heterocycles. The van der Waals surface area contributed by atoms with Crippen LogP contribution in [0.4, 0.5) is 0 Å². The molecule has 0 aliphatic carbocycles. The van der Waals surface area contributed by atoms with Gasteiger partial charge in [0, 0.05) is 0 Å². The average molecular weight is 249 g/mol. The third-order valence-corrected chi connectivity index (χ3v) is 2.50. The summed E-state index contributed by atoms with van der Waals surface area (Å²) in [6.45, 7) is 1.25. The van der Waals surface area contributed by atoms with Gasteiger partial charge in [0.05, 0.1) is 37.7 Å². The number of ether oxygens (including phenoxy) is 1. The van der Waals surface area contributed by atoms with E-state index in [1.54, 1.807) is 6.92 Å². The molecule has 0 aromatic rings. The van der Waals surface area contributed by atoms with Crippen molar-refractivity contribution in [2.24, 2.45) is 11.7 Å². The number of aliphatic hydroxyl groups is 1. The van der Waals surface area contributed by atoms with Crippen molar-refractivity contribution in [2.75, 3.05) is 19.8 Å². The van der Waals surface area contributed by atoms with Gasteiger partial charge in [0.2, 0.25) is 0 Å². The van der Waals surface area contributed by atoms with Gasteiger partial charge in [-0.3, -0.25) is 9.59 Å². The van der Waals surface area contributed by atoms with Crippen molar-refractivity contribution in [1.29, 1.82) is 0 Å². The first kappa shape index (κ1) is 15.8. The fourth-order valence-electron chi connectivity index (χ4n) is 1.09. The number of carboxylic acid groups (broad SMARTS) is 2. The van der Waals surface area contributed by atoms with Crippen LogP contribution in [0.3, 0.4) is 0 Å². The van der Waals surface area contributed by atoms with Gasteiger partial charge in [0.1, 0.15) is 0 Å². The lowest BCUT2D eigenvalue weighted by molar-refractivity contribution is -0.150. The minimum absolute atomic E-state index is 0.0105. The van der Waals surface area contributed by atoms with Gasteiger partial charge in [-0.2, -0.15) is 0 Å². The Morgan fingerprint density at radius 3 is 2.35 bits per heavy atom. The number of hydrogen-bond donors (Lipinski definition) is 4. The van der Waals surface area contributed by atoms with E-state index in [1.807, 2.05) is 0 Å². The molecule has 0 aromatic carbocycles. The van der Waals surface area contributed by atoms with Gasteiger partial charge in [-0.15, -0.1) is 0 Å². The van der Waals surface area contributed by atoms with E-state index in [2.05, 4.69) is 0 Å². The SMILES string of the molecule is CCC(N)(CO)COCC(CC(=O)O)C(=O)O. The van der Waals surface area contributed by atoms with Crippen LogP contribution in [0, 0.1) is 5.92 Å². The van der Waals surface area contributed by atoms with Crippen LogP contribution in [0.15, 0.2) is 0 Å². The highest BCUT2D eigenvalue weighted by Gasteiger charge is 2.25. The van der Waals surface area contributed by atoms with Crippen LogP contribution in [-0.4, -0.2) is 52.6 Å². The number of aliphatic hydroxyl groups excluding tert-OH is 1. The fourth-order valence-corrected chi connectivity index (χ4v) is 1.09. The van der Waals surface area contributed by atoms with Crippen LogP contribution in [0.2, 0.25) is 0 Å². The summed E-state index contributed by atoms with van der Waals surface area (Å²) in [6.07, 6.45) is -0.0294. The lowest BCUT2D eigenvalue weighted by Crippen LogP contribution is -2.48. The monoisotopic (exact) mass is 249 g/mol. The van der Waals surface area contributed by atoms with Crippen LogP contribution >= 0.6 is 0 Å². The number of rotatable bonds is 9. The molecular weight excluding hydrogens is 230 g/mol. The Bertz CT molecular complexity index is 264. The Morgan fingerprint density at radius 2 is 2.00 bits per heavy atom. The highest BCUT2D eigenvalue weighted by atomic mass is 16.5. The predicted molar refractivity (Wildman–Crippen MR) is 58.5 cm³/mol.